The minimum absolute atomic E-state index is 0.0393. The Hall–Kier alpha value is -1.42. The molecule has 4 heteroatoms. The van der Waals surface area contributed by atoms with E-state index in [4.69, 9.17) is 5.11 Å². The lowest BCUT2D eigenvalue weighted by Gasteiger charge is -2.03. The Morgan fingerprint density at radius 1 is 0.955 bits per heavy atom. The monoisotopic (exact) mass is 310 g/mol. The number of carbonyl (C=O) groups excluding carboxylic acids is 1. The molecule has 0 aliphatic carbocycles. The number of aliphatic hydroxyl groups is 1. The van der Waals surface area contributed by atoms with Gasteiger partial charge in [-0.1, -0.05) is 57.3 Å². The van der Waals surface area contributed by atoms with E-state index in [2.05, 4.69) is 6.92 Å². The normalized spacial score (nSPS) is 13.0. The largest absolute Gasteiger partial charge is 0.481 e. The Labute approximate surface area is 133 Å². The van der Waals surface area contributed by atoms with Crippen LogP contribution in [0.3, 0.4) is 0 Å². The summed E-state index contributed by atoms with van der Waals surface area (Å²) in [6.45, 7) is 2.16. The van der Waals surface area contributed by atoms with Gasteiger partial charge in [-0.3, -0.25) is 9.59 Å². The fourth-order valence-corrected chi connectivity index (χ4v) is 2.07. The van der Waals surface area contributed by atoms with Gasteiger partial charge >= 0.3 is 5.97 Å². The number of aliphatic hydroxyl groups excluding tert-OH is 1. The van der Waals surface area contributed by atoms with Crippen molar-refractivity contribution < 1.29 is 19.8 Å². The summed E-state index contributed by atoms with van der Waals surface area (Å²) in [4.78, 5) is 21.8. The molecule has 0 aliphatic rings. The first-order valence-electron chi connectivity index (χ1n) is 8.33. The molecule has 0 aromatic rings. The van der Waals surface area contributed by atoms with Crippen LogP contribution in [0.2, 0.25) is 0 Å². The minimum Gasteiger partial charge on any atom is -0.481 e. The highest BCUT2D eigenvalue weighted by molar-refractivity contribution is 5.89. The zero-order chi connectivity index (χ0) is 16.6. The third-order valence-corrected chi connectivity index (χ3v) is 3.39. The molecule has 0 amide bonds. The number of hydrogen-bond donors (Lipinski definition) is 2. The molecule has 0 bridgehead atoms. The van der Waals surface area contributed by atoms with Gasteiger partial charge in [-0.15, -0.1) is 0 Å². The summed E-state index contributed by atoms with van der Waals surface area (Å²) in [7, 11) is 0. The van der Waals surface area contributed by atoms with Crippen molar-refractivity contribution in [3.8, 4) is 0 Å². The lowest BCUT2D eigenvalue weighted by atomic mass is 10.1. The van der Waals surface area contributed by atoms with Crippen LogP contribution in [0.5, 0.6) is 0 Å². The highest BCUT2D eigenvalue weighted by Gasteiger charge is 2.00. The molecule has 0 aliphatic heterocycles. The second kappa shape index (κ2) is 14.5. The smallest absolute Gasteiger partial charge is 0.303 e. The van der Waals surface area contributed by atoms with Crippen LogP contribution in [0.1, 0.15) is 71.1 Å². The van der Waals surface area contributed by atoms with Gasteiger partial charge < -0.3 is 10.2 Å². The lowest BCUT2D eigenvalue weighted by molar-refractivity contribution is -0.137. The van der Waals surface area contributed by atoms with Crippen molar-refractivity contribution in [3.63, 3.8) is 0 Å². The predicted octanol–water partition coefficient (Wildman–Crippen LogP) is 4.03. The summed E-state index contributed by atoms with van der Waals surface area (Å²) in [5, 5.41) is 18.2. The van der Waals surface area contributed by atoms with Gasteiger partial charge in [0.2, 0.25) is 0 Å². The van der Waals surface area contributed by atoms with Crippen molar-refractivity contribution in [1.82, 2.24) is 0 Å². The summed E-state index contributed by atoms with van der Waals surface area (Å²) in [6.07, 6.45) is 14.2. The molecule has 22 heavy (non-hydrogen) atoms. The van der Waals surface area contributed by atoms with E-state index in [1.165, 1.54) is 18.9 Å². The van der Waals surface area contributed by atoms with Crippen LogP contribution in [0.15, 0.2) is 24.3 Å². The van der Waals surface area contributed by atoms with Crippen molar-refractivity contribution in [2.75, 3.05) is 0 Å². The first kappa shape index (κ1) is 20.6. The Bertz CT molecular complexity index is 358. The average molecular weight is 310 g/mol. The Kier molecular flexibility index (Phi) is 13.6. The maximum Gasteiger partial charge on any atom is 0.303 e. The summed E-state index contributed by atoms with van der Waals surface area (Å²) in [6, 6.07) is 0. The molecule has 1 unspecified atom stereocenters. The van der Waals surface area contributed by atoms with Crippen molar-refractivity contribution in [2.24, 2.45) is 0 Å². The number of ketones is 1. The van der Waals surface area contributed by atoms with Crippen LogP contribution in [0.4, 0.5) is 0 Å². The number of carboxylic acid groups (broad SMARTS) is 1. The van der Waals surface area contributed by atoms with Crippen LogP contribution >= 0.6 is 0 Å². The highest BCUT2D eigenvalue weighted by Crippen LogP contribution is 2.07. The van der Waals surface area contributed by atoms with Crippen LogP contribution in [-0.4, -0.2) is 28.1 Å². The molecule has 0 aromatic carbocycles. The number of unbranched alkanes of at least 4 members (excludes halogenated alkanes) is 5. The summed E-state index contributed by atoms with van der Waals surface area (Å²) < 4.78 is 0. The third kappa shape index (κ3) is 15.0. The van der Waals surface area contributed by atoms with Gasteiger partial charge in [0.05, 0.1) is 6.10 Å². The highest BCUT2D eigenvalue weighted by atomic mass is 16.4. The van der Waals surface area contributed by atoms with E-state index in [0.717, 1.165) is 32.1 Å². The summed E-state index contributed by atoms with van der Waals surface area (Å²) in [5.74, 6) is -0.748. The first-order valence-corrected chi connectivity index (χ1v) is 8.33. The van der Waals surface area contributed by atoms with E-state index < -0.39 is 12.1 Å². The Morgan fingerprint density at radius 2 is 1.64 bits per heavy atom. The molecular weight excluding hydrogens is 280 g/mol. The van der Waals surface area contributed by atoms with E-state index in [0.29, 0.717) is 12.8 Å². The number of hydrogen-bond acceptors (Lipinski definition) is 3. The van der Waals surface area contributed by atoms with Crippen LogP contribution in [-0.2, 0) is 9.59 Å². The van der Waals surface area contributed by atoms with Gasteiger partial charge in [-0.05, 0) is 25.3 Å². The topological polar surface area (TPSA) is 74.6 Å². The van der Waals surface area contributed by atoms with Gasteiger partial charge in [-0.2, -0.15) is 0 Å². The maximum absolute atomic E-state index is 11.5. The van der Waals surface area contributed by atoms with Crippen molar-refractivity contribution in [1.29, 1.82) is 0 Å². The number of aliphatic carboxylic acids is 1. The molecular formula is C18H30O4. The van der Waals surface area contributed by atoms with Gasteiger partial charge in [0.1, 0.15) is 0 Å². The third-order valence-electron chi connectivity index (χ3n) is 3.39. The second-order valence-electron chi connectivity index (χ2n) is 5.58. The Balaban J connectivity index is 3.66. The molecule has 2 N–H and O–H groups in total. The fraction of sp³-hybridized carbons (Fsp3) is 0.667. The van der Waals surface area contributed by atoms with Crippen molar-refractivity contribution in [2.45, 2.75) is 77.2 Å². The molecule has 0 heterocycles. The van der Waals surface area contributed by atoms with Crippen LogP contribution < -0.4 is 0 Å². The fourth-order valence-electron chi connectivity index (χ4n) is 2.07. The quantitative estimate of drug-likeness (QED) is 0.288. The molecule has 0 rings (SSSR count). The number of allylic oxidation sites excluding steroid dienone is 3. The van der Waals surface area contributed by atoms with E-state index in [1.807, 2.05) is 0 Å². The summed E-state index contributed by atoms with van der Waals surface area (Å²) in [5.41, 5.74) is 0. The standard InChI is InChI=1S/C18H30O4/c1-2-3-4-6-11-16(19)13-9-10-14-17(20)12-7-5-8-15-18(21)22/h9-10,13-14,16,19H,2-8,11-12,15H2,1H3,(H,21,22). The molecule has 0 radical (unpaired) electrons. The zero-order valence-electron chi connectivity index (χ0n) is 13.7. The van der Waals surface area contributed by atoms with Crippen LogP contribution in [0.25, 0.3) is 0 Å². The maximum atomic E-state index is 11.5. The minimum atomic E-state index is -0.787. The number of carboxylic acids is 1. The van der Waals surface area contributed by atoms with Gasteiger partial charge in [0.15, 0.2) is 5.78 Å². The first-order chi connectivity index (χ1) is 10.6. The lowest BCUT2D eigenvalue weighted by Crippen LogP contribution is -2.01. The molecule has 1 atom stereocenters. The van der Waals surface area contributed by atoms with Crippen molar-refractivity contribution in [3.05, 3.63) is 24.3 Å². The molecule has 4 nitrogen and oxygen atoms in total. The molecule has 0 spiro atoms. The van der Waals surface area contributed by atoms with Gasteiger partial charge in [0, 0.05) is 12.8 Å². The molecule has 0 saturated carbocycles. The van der Waals surface area contributed by atoms with Crippen LogP contribution in [0, 0.1) is 0 Å². The van der Waals surface area contributed by atoms with E-state index in [1.54, 1.807) is 18.2 Å². The number of carbonyl (C=O) groups is 2. The molecule has 0 fully saturated rings. The van der Waals surface area contributed by atoms with Gasteiger partial charge in [0.25, 0.3) is 0 Å². The summed E-state index contributed by atoms with van der Waals surface area (Å²) >= 11 is 0. The van der Waals surface area contributed by atoms with Gasteiger partial charge in [-0.25, -0.2) is 0 Å². The van der Waals surface area contributed by atoms with E-state index >= 15 is 0 Å². The number of rotatable bonds is 14. The predicted molar refractivity (Wildman–Crippen MR) is 88.8 cm³/mol. The second-order valence-corrected chi connectivity index (χ2v) is 5.58. The average Bonchev–Trinajstić information content (AvgIpc) is 2.47. The molecule has 126 valence electrons. The SMILES string of the molecule is CCCCCCC(O)C=CC=CC(=O)CCCCCC(=O)O. The molecule has 0 saturated heterocycles. The van der Waals surface area contributed by atoms with E-state index in [-0.39, 0.29) is 12.2 Å². The Morgan fingerprint density at radius 3 is 2.32 bits per heavy atom. The van der Waals surface area contributed by atoms with Crippen molar-refractivity contribution >= 4 is 11.8 Å². The van der Waals surface area contributed by atoms with E-state index in [9.17, 15) is 14.7 Å². The molecule has 0 aromatic heterocycles. The zero-order valence-corrected chi connectivity index (χ0v) is 13.7.